The van der Waals surface area contributed by atoms with Gasteiger partial charge in [-0.15, -0.1) is 0 Å². The van der Waals surface area contributed by atoms with Crippen molar-refractivity contribution in [3.05, 3.63) is 33.9 Å². The zero-order valence-electron chi connectivity index (χ0n) is 11.9. The number of nitro benzene ring substituents is 1. The molecule has 0 aliphatic carbocycles. The molecule has 0 heterocycles. The maximum Gasteiger partial charge on any atom is 0.274 e. The van der Waals surface area contributed by atoms with Crippen LogP contribution in [0.2, 0.25) is 0 Å². The van der Waals surface area contributed by atoms with Crippen molar-refractivity contribution in [1.82, 2.24) is 4.31 Å². The van der Waals surface area contributed by atoms with Gasteiger partial charge in [-0.1, -0.05) is 6.07 Å². The summed E-state index contributed by atoms with van der Waals surface area (Å²) < 4.78 is 29.5. The van der Waals surface area contributed by atoms with Crippen molar-refractivity contribution in [1.29, 1.82) is 0 Å². The quantitative estimate of drug-likeness (QED) is 0.538. The van der Waals surface area contributed by atoms with Gasteiger partial charge in [-0.25, -0.2) is 12.7 Å². The van der Waals surface area contributed by atoms with Crippen LogP contribution in [0.3, 0.4) is 0 Å². The number of rotatable bonds is 7. The molecule has 0 aliphatic rings. The van der Waals surface area contributed by atoms with Crippen LogP contribution in [0.4, 0.5) is 5.69 Å². The molecule has 0 saturated heterocycles. The van der Waals surface area contributed by atoms with Crippen molar-refractivity contribution in [2.45, 2.75) is 11.3 Å². The number of hydrogen-bond donors (Lipinski definition) is 0. The minimum absolute atomic E-state index is 0.153. The number of ether oxygens (including phenoxy) is 1. The molecule has 0 N–H and O–H groups in total. The lowest BCUT2D eigenvalue weighted by Gasteiger charge is -2.12. The fraction of sp³-hybridized carbons (Fsp3) is 0.417. The van der Waals surface area contributed by atoms with Gasteiger partial charge in [-0.05, 0) is 6.07 Å². The lowest BCUT2D eigenvalue weighted by Crippen LogP contribution is -2.22. The van der Waals surface area contributed by atoms with Gasteiger partial charge in [0, 0.05) is 39.3 Å². The Labute approximate surface area is 122 Å². The lowest BCUT2D eigenvalue weighted by molar-refractivity contribution is -0.385. The minimum Gasteiger partial charge on any atom is -0.377 e. The van der Waals surface area contributed by atoms with Crippen molar-refractivity contribution in [2.75, 3.05) is 27.8 Å². The van der Waals surface area contributed by atoms with Crippen LogP contribution in [-0.4, -0.2) is 51.2 Å². The molecule has 0 radical (unpaired) electrons. The largest absolute Gasteiger partial charge is 0.377 e. The SMILES string of the molecule is COCC(=O)Cc1ccc(S(=O)(=O)N(C)C)cc1[N+](=O)[O-]. The molecule has 0 saturated carbocycles. The first-order valence-corrected chi connectivity index (χ1v) is 7.34. The van der Waals surface area contributed by atoms with Crippen LogP contribution in [0.25, 0.3) is 0 Å². The molecule has 1 aromatic rings. The molecule has 0 atom stereocenters. The molecule has 0 unspecified atom stereocenters. The van der Waals surface area contributed by atoms with Gasteiger partial charge < -0.3 is 4.74 Å². The molecule has 0 bridgehead atoms. The van der Waals surface area contributed by atoms with Crippen molar-refractivity contribution < 1.29 is 22.9 Å². The Kier molecular flexibility index (Phi) is 5.53. The molecule has 0 fully saturated rings. The summed E-state index contributed by atoms with van der Waals surface area (Å²) in [6.45, 7) is -0.158. The summed E-state index contributed by atoms with van der Waals surface area (Å²) in [5.41, 5.74) is -0.248. The summed E-state index contributed by atoms with van der Waals surface area (Å²) in [5, 5.41) is 11.1. The number of carbonyl (C=O) groups excluding carboxylic acids is 1. The van der Waals surface area contributed by atoms with Crippen LogP contribution in [-0.2, 0) is 26.0 Å². The predicted molar refractivity (Wildman–Crippen MR) is 74.6 cm³/mol. The first-order valence-electron chi connectivity index (χ1n) is 5.90. The van der Waals surface area contributed by atoms with Crippen molar-refractivity contribution in [3.8, 4) is 0 Å². The normalized spacial score (nSPS) is 11.6. The molecule has 0 spiro atoms. The lowest BCUT2D eigenvalue weighted by atomic mass is 10.1. The topological polar surface area (TPSA) is 107 Å². The van der Waals surface area contributed by atoms with Crippen molar-refractivity contribution in [2.24, 2.45) is 0 Å². The van der Waals surface area contributed by atoms with E-state index in [4.69, 9.17) is 0 Å². The number of Topliss-reactive ketones (excluding diaryl/α,β-unsaturated/α-hetero) is 1. The second-order valence-corrected chi connectivity index (χ2v) is 6.64. The number of carbonyl (C=O) groups is 1. The van der Waals surface area contributed by atoms with Gasteiger partial charge in [0.05, 0.1) is 9.82 Å². The van der Waals surface area contributed by atoms with Gasteiger partial charge in [-0.2, -0.15) is 0 Å². The van der Waals surface area contributed by atoms with Crippen molar-refractivity contribution in [3.63, 3.8) is 0 Å². The number of hydrogen-bond acceptors (Lipinski definition) is 6. The third-order valence-corrected chi connectivity index (χ3v) is 4.54. The summed E-state index contributed by atoms with van der Waals surface area (Å²) in [7, 11) is 0.238. The molecule has 0 aromatic heterocycles. The number of sulfonamides is 1. The summed E-state index contributed by atoms with van der Waals surface area (Å²) in [4.78, 5) is 21.7. The van der Waals surface area contributed by atoms with E-state index in [2.05, 4.69) is 4.74 Å². The molecule has 9 heteroatoms. The van der Waals surface area contributed by atoms with E-state index in [9.17, 15) is 23.3 Å². The smallest absolute Gasteiger partial charge is 0.274 e. The van der Waals surface area contributed by atoms with Crippen LogP contribution >= 0.6 is 0 Å². The highest BCUT2D eigenvalue weighted by atomic mass is 32.2. The van der Waals surface area contributed by atoms with E-state index in [-0.39, 0.29) is 29.3 Å². The van der Waals surface area contributed by atoms with Crippen LogP contribution in [0.1, 0.15) is 5.56 Å². The Morgan fingerprint density at radius 1 is 1.38 bits per heavy atom. The Balaban J connectivity index is 3.26. The van der Waals surface area contributed by atoms with Crippen LogP contribution in [0.15, 0.2) is 23.1 Å². The van der Waals surface area contributed by atoms with E-state index in [1.165, 1.54) is 33.3 Å². The zero-order chi connectivity index (χ0) is 16.2. The van der Waals surface area contributed by atoms with Crippen LogP contribution in [0.5, 0.6) is 0 Å². The second kappa shape index (κ2) is 6.74. The van der Waals surface area contributed by atoms with Crippen LogP contribution in [0, 0.1) is 10.1 Å². The molecular weight excluding hydrogens is 300 g/mol. The van der Waals surface area contributed by atoms with E-state index in [1.54, 1.807) is 0 Å². The Bertz CT molecular complexity index is 654. The number of ketones is 1. The summed E-state index contributed by atoms with van der Waals surface area (Å²) in [6, 6.07) is 3.49. The monoisotopic (exact) mass is 316 g/mol. The molecule has 0 amide bonds. The summed E-state index contributed by atoms with van der Waals surface area (Å²) >= 11 is 0. The van der Waals surface area contributed by atoms with Gasteiger partial charge in [0.2, 0.25) is 10.0 Å². The van der Waals surface area contributed by atoms with Gasteiger partial charge in [-0.3, -0.25) is 14.9 Å². The maximum atomic E-state index is 12.0. The van der Waals surface area contributed by atoms with E-state index in [1.807, 2.05) is 0 Å². The minimum atomic E-state index is -3.77. The molecule has 8 nitrogen and oxygen atoms in total. The highest BCUT2D eigenvalue weighted by Crippen LogP contribution is 2.25. The Morgan fingerprint density at radius 2 is 2.00 bits per heavy atom. The van der Waals surface area contributed by atoms with E-state index >= 15 is 0 Å². The molecule has 116 valence electrons. The third-order valence-electron chi connectivity index (χ3n) is 2.72. The molecule has 21 heavy (non-hydrogen) atoms. The summed E-state index contributed by atoms with van der Waals surface area (Å²) in [6.07, 6.45) is -0.188. The number of nitrogens with zero attached hydrogens (tertiary/aromatic N) is 2. The van der Waals surface area contributed by atoms with Gasteiger partial charge in [0.25, 0.3) is 5.69 Å². The molecule has 1 rings (SSSR count). The standard InChI is InChI=1S/C12H16N2O6S/c1-13(2)21(18,19)11-5-4-9(6-10(15)8-20-3)12(7-11)14(16)17/h4-5,7H,6,8H2,1-3H3. The highest BCUT2D eigenvalue weighted by Gasteiger charge is 2.23. The first-order chi connectivity index (χ1) is 9.70. The zero-order valence-corrected chi connectivity index (χ0v) is 12.7. The Morgan fingerprint density at radius 3 is 2.48 bits per heavy atom. The predicted octanol–water partition coefficient (Wildman–Crippen LogP) is 0.603. The number of benzene rings is 1. The fourth-order valence-electron chi connectivity index (χ4n) is 1.66. The Hall–Kier alpha value is -1.84. The fourth-order valence-corrected chi connectivity index (χ4v) is 2.58. The highest BCUT2D eigenvalue weighted by molar-refractivity contribution is 7.89. The van der Waals surface area contributed by atoms with Gasteiger partial charge in [0.15, 0.2) is 5.78 Å². The first kappa shape index (κ1) is 17.2. The number of methoxy groups -OCH3 is 1. The average molecular weight is 316 g/mol. The van der Waals surface area contributed by atoms with Crippen LogP contribution < -0.4 is 0 Å². The van der Waals surface area contributed by atoms with Gasteiger partial charge >= 0.3 is 0 Å². The summed E-state index contributed by atoms with van der Waals surface area (Å²) in [5.74, 6) is -0.330. The molecule has 1 aromatic carbocycles. The van der Waals surface area contributed by atoms with E-state index in [0.29, 0.717) is 0 Å². The van der Waals surface area contributed by atoms with Crippen molar-refractivity contribution >= 4 is 21.5 Å². The third kappa shape index (κ3) is 4.06. The van der Waals surface area contributed by atoms with E-state index < -0.39 is 20.6 Å². The second-order valence-electron chi connectivity index (χ2n) is 4.48. The van der Waals surface area contributed by atoms with E-state index in [0.717, 1.165) is 10.4 Å². The average Bonchev–Trinajstić information content (AvgIpc) is 2.38. The maximum absolute atomic E-state index is 12.0. The number of nitro groups is 1. The molecular formula is C12H16N2O6S. The van der Waals surface area contributed by atoms with Gasteiger partial charge in [0.1, 0.15) is 6.61 Å². The molecule has 0 aliphatic heterocycles.